The van der Waals surface area contributed by atoms with Crippen LogP contribution in [0.1, 0.15) is 25.3 Å². The van der Waals surface area contributed by atoms with Crippen molar-refractivity contribution in [2.75, 3.05) is 18.0 Å². The van der Waals surface area contributed by atoms with E-state index in [0.717, 1.165) is 31.5 Å². The van der Waals surface area contributed by atoms with E-state index in [1.165, 1.54) is 30.5 Å². The highest BCUT2D eigenvalue weighted by molar-refractivity contribution is 7.91. The summed E-state index contributed by atoms with van der Waals surface area (Å²) in [7, 11) is -4.20. The number of rotatable bonds is 5. The van der Waals surface area contributed by atoms with E-state index in [1.807, 2.05) is 35.2 Å². The molecule has 3 aromatic carbocycles. The van der Waals surface area contributed by atoms with Gasteiger partial charge in [0.25, 0.3) is 0 Å². The molecule has 1 aliphatic heterocycles. The molecule has 4 aromatic rings. The Morgan fingerprint density at radius 3 is 2.56 bits per heavy atom. The Bertz CT molecular complexity index is 1600. The van der Waals surface area contributed by atoms with Gasteiger partial charge >= 0.3 is 0 Å². The van der Waals surface area contributed by atoms with Gasteiger partial charge in [0.1, 0.15) is 10.7 Å². The minimum atomic E-state index is -4.20. The minimum Gasteiger partial charge on any atom is -0.369 e. The molecule has 1 atom stereocenters. The van der Waals surface area contributed by atoms with Crippen molar-refractivity contribution in [3.63, 3.8) is 0 Å². The van der Waals surface area contributed by atoms with Crippen LogP contribution in [0.5, 0.6) is 0 Å². The molecule has 1 fully saturated rings. The molecular weight excluding hydrogens is 499 g/mol. The summed E-state index contributed by atoms with van der Waals surface area (Å²) in [5.74, 6) is -0.0946. The number of fused-ring (bicyclic) bond motifs is 1. The van der Waals surface area contributed by atoms with E-state index < -0.39 is 26.0 Å². The Balaban J connectivity index is 1.74. The molecule has 5 nitrogen and oxygen atoms in total. The van der Waals surface area contributed by atoms with Gasteiger partial charge in [-0.3, -0.25) is 4.79 Å². The van der Waals surface area contributed by atoms with E-state index in [1.54, 1.807) is 16.7 Å². The molecule has 0 unspecified atom stereocenters. The fourth-order valence-electron chi connectivity index (χ4n) is 4.89. The highest BCUT2D eigenvalue weighted by atomic mass is 35.5. The van der Waals surface area contributed by atoms with Gasteiger partial charge in [-0.15, -0.1) is 0 Å². The number of anilines is 1. The number of aromatic nitrogens is 1. The molecule has 0 amide bonds. The number of benzene rings is 3. The number of piperidine rings is 1. The maximum absolute atomic E-state index is 15.4. The lowest BCUT2D eigenvalue weighted by molar-refractivity contribution is 0.442. The Hall–Kier alpha value is -3.16. The third-order valence-corrected chi connectivity index (χ3v) is 8.68. The monoisotopic (exact) mass is 524 g/mol. The zero-order valence-electron chi connectivity index (χ0n) is 19.8. The Morgan fingerprint density at radius 1 is 1.06 bits per heavy atom. The predicted molar refractivity (Wildman–Crippen MR) is 141 cm³/mol. The molecule has 1 aliphatic rings. The summed E-state index contributed by atoms with van der Waals surface area (Å²) in [6.07, 6.45) is 3.43. The van der Waals surface area contributed by atoms with Gasteiger partial charge in [-0.2, -0.15) is 0 Å². The van der Waals surface area contributed by atoms with Crippen LogP contribution >= 0.6 is 11.6 Å². The molecule has 8 heteroatoms. The van der Waals surface area contributed by atoms with Crippen molar-refractivity contribution in [3.05, 3.63) is 99.6 Å². The van der Waals surface area contributed by atoms with Crippen molar-refractivity contribution in [2.45, 2.75) is 36.1 Å². The normalized spacial score (nSPS) is 16.4. The standard InChI is InChI=1S/C28H26ClFN2O3S/c1-19-7-6-12-31(16-19)26-15-25-23(14-24(26)30)28(33)27(18-32(25)17-20-8-3-2-4-9-20)36(34,35)22-11-5-10-21(29)13-22/h2-5,8-11,13-15,18-19H,6-7,12,16-17H2,1H3/t19-/m0/s1. The van der Waals surface area contributed by atoms with E-state index in [4.69, 9.17) is 11.6 Å². The summed E-state index contributed by atoms with van der Waals surface area (Å²) < 4.78 is 44.2. The second-order valence-corrected chi connectivity index (χ2v) is 11.8. The first kappa shape index (κ1) is 24.5. The maximum Gasteiger partial charge on any atom is 0.211 e. The van der Waals surface area contributed by atoms with Crippen LogP contribution in [0, 0.1) is 11.7 Å². The third kappa shape index (κ3) is 4.65. The number of hydrogen-bond acceptors (Lipinski definition) is 4. The molecule has 0 N–H and O–H groups in total. The average Bonchev–Trinajstić information content (AvgIpc) is 2.86. The Kier molecular flexibility index (Phi) is 6.62. The van der Waals surface area contributed by atoms with Crippen molar-refractivity contribution in [2.24, 2.45) is 5.92 Å². The van der Waals surface area contributed by atoms with Crippen molar-refractivity contribution in [1.82, 2.24) is 4.57 Å². The Labute approximate surface area is 214 Å². The smallest absolute Gasteiger partial charge is 0.211 e. The zero-order chi connectivity index (χ0) is 25.4. The van der Waals surface area contributed by atoms with Crippen LogP contribution < -0.4 is 10.3 Å². The van der Waals surface area contributed by atoms with Crippen molar-refractivity contribution in [3.8, 4) is 0 Å². The van der Waals surface area contributed by atoms with Crippen molar-refractivity contribution < 1.29 is 12.8 Å². The molecule has 36 heavy (non-hydrogen) atoms. The zero-order valence-corrected chi connectivity index (χ0v) is 21.4. The number of hydrogen-bond donors (Lipinski definition) is 0. The van der Waals surface area contributed by atoms with E-state index in [9.17, 15) is 13.2 Å². The van der Waals surface area contributed by atoms with Gasteiger partial charge in [0.05, 0.1) is 21.5 Å². The fraction of sp³-hybridized carbons (Fsp3) is 0.250. The van der Waals surface area contributed by atoms with E-state index in [-0.39, 0.29) is 15.3 Å². The van der Waals surface area contributed by atoms with Crippen LogP contribution in [0.25, 0.3) is 10.9 Å². The van der Waals surface area contributed by atoms with Gasteiger partial charge in [-0.25, -0.2) is 12.8 Å². The van der Waals surface area contributed by atoms with Crippen LogP contribution in [0.2, 0.25) is 5.02 Å². The van der Waals surface area contributed by atoms with E-state index in [2.05, 4.69) is 6.92 Å². The Morgan fingerprint density at radius 2 is 1.83 bits per heavy atom. The second-order valence-electron chi connectivity index (χ2n) is 9.41. The first-order valence-corrected chi connectivity index (χ1v) is 13.8. The molecule has 0 spiro atoms. The second kappa shape index (κ2) is 9.71. The molecule has 186 valence electrons. The lowest BCUT2D eigenvalue weighted by Gasteiger charge is -2.33. The summed E-state index contributed by atoms with van der Waals surface area (Å²) in [5.41, 5.74) is 1.11. The molecule has 0 aliphatic carbocycles. The molecule has 5 rings (SSSR count). The first-order chi connectivity index (χ1) is 17.2. The molecule has 2 heterocycles. The van der Waals surface area contributed by atoms with Gasteiger partial charge in [0, 0.05) is 30.9 Å². The summed E-state index contributed by atoms with van der Waals surface area (Å²) in [4.78, 5) is 15.0. The minimum absolute atomic E-state index is 0.0281. The predicted octanol–water partition coefficient (Wildman–Crippen LogP) is 5.91. The van der Waals surface area contributed by atoms with Gasteiger partial charge in [-0.1, -0.05) is 54.9 Å². The number of halogens is 2. The van der Waals surface area contributed by atoms with Crippen LogP contribution in [-0.2, 0) is 16.4 Å². The van der Waals surface area contributed by atoms with Gasteiger partial charge in [0.2, 0.25) is 15.3 Å². The maximum atomic E-state index is 15.4. The lowest BCUT2D eigenvalue weighted by Crippen LogP contribution is -2.35. The van der Waals surface area contributed by atoms with Crippen LogP contribution in [0.3, 0.4) is 0 Å². The summed E-state index contributed by atoms with van der Waals surface area (Å²) in [5, 5.41) is 0.272. The third-order valence-electron chi connectivity index (χ3n) is 6.71. The lowest BCUT2D eigenvalue weighted by atomic mass is 9.99. The van der Waals surface area contributed by atoms with Gasteiger partial charge < -0.3 is 9.47 Å². The first-order valence-electron chi connectivity index (χ1n) is 11.9. The number of nitrogens with zero attached hydrogens (tertiary/aromatic N) is 2. The summed E-state index contributed by atoms with van der Waals surface area (Å²) in [6.45, 7) is 3.92. The quantitative estimate of drug-likeness (QED) is 0.325. The van der Waals surface area contributed by atoms with Crippen molar-refractivity contribution >= 4 is 38.0 Å². The van der Waals surface area contributed by atoms with Crippen LogP contribution in [-0.4, -0.2) is 26.1 Å². The molecule has 1 aromatic heterocycles. The molecule has 1 saturated heterocycles. The number of sulfone groups is 1. The highest BCUT2D eigenvalue weighted by Crippen LogP contribution is 2.31. The molecule has 0 bridgehead atoms. The molecule has 0 saturated carbocycles. The molecular formula is C28H26ClFN2O3S. The number of pyridine rings is 1. The highest BCUT2D eigenvalue weighted by Gasteiger charge is 2.26. The van der Waals surface area contributed by atoms with E-state index >= 15 is 4.39 Å². The van der Waals surface area contributed by atoms with Crippen LogP contribution in [0.4, 0.5) is 10.1 Å². The molecule has 0 radical (unpaired) electrons. The van der Waals surface area contributed by atoms with Crippen LogP contribution in [0.15, 0.2) is 87.5 Å². The van der Waals surface area contributed by atoms with Crippen molar-refractivity contribution in [1.29, 1.82) is 0 Å². The average molecular weight is 525 g/mol. The van der Waals surface area contributed by atoms with Gasteiger partial charge in [0.15, 0.2) is 0 Å². The summed E-state index contributed by atoms with van der Waals surface area (Å²) >= 11 is 6.03. The largest absolute Gasteiger partial charge is 0.369 e. The topological polar surface area (TPSA) is 59.4 Å². The van der Waals surface area contributed by atoms with E-state index in [0.29, 0.717) is 23.7 Å². The van der Waals surface area contributed by atoms with Gasteiger partial charge in [-0.05, 0) is 54.7 Å². The fourth-order valence-corrected chi connectivity index (χ4v) is 6.56. The summed E-state index contributed by atoms with van der Waals surface area (Å²) in [6, 6.07) is 18.2. The SMILES string of the molecule is C[C@H]1CCCN(c2cc3c(cc2F)c(=O)c(S(=O)(=O)c2cccc(Cl)c2)cn3Cc2ccccc2)C1.